The van der Waals surface area contributed by atoms with E-state index in [1.165, 1.54) is 0 Å². The number of thiophene rings is 1. The number of hydrogen-bond acceptors (Lipinski definition) is 8. The maximum Gasteiger partial charge on any atom is 0.259 e. The van der Waals surface area contributed by atoms with Crippen molar-refractivity contribution in [3.63, 3.8) is 0 Å². The highest BCUT2D eigenvalue weighted by atomic mass is 32.1. The minimum absolute atomic E-state index is 0.0204. The van der Waals surface area contributed by atoms with Gasteiger partial charge in [0.25, 0.3) is 5.56 Å². The number of para-hydroxylation sites is 1. The van der Waals surface area contributed by atoms with Gasteiger partial charge in [-0.25, -0.2) is 4.98 Å². The first-order chi connectivity index (χ1) is 15.0. The summed E-state index contributed by atoms with van der Waals surface area (Å²) in [5, 5.41) is 13.0. The number of benzene rings is 1. The first kappa shape index (κ1) is 19.8. The van der Waals surface area contributed by atoms with Crippen molar-refractivity contribution in [2.45, 2.75) is 26.8 Å². The van der Waals surface area contributed by atoms with Crippen molar-refractivity contribution >= 4 is 27.5 Å². The van der Waals surface area contributed by atoms with Gasteiger partial charge in [0, 0.05) is 31.1 Å². The third kappa shape index (κ3) is 3.51. The Labute approximate surface area is 183 Å². The lowest BCUT2D eigenvalue weighted by Gasteiger charge is -2.37. The van der Waals surface area contributed by atoms with Crippen LogP contribution in [0.25, 0.3) is 15.9 Å². The average Bonchev–Trinajstić information content (AvgIpc) is 3.39. The molecule has 4 aromatic rings. The molecule has 1 fully saturated rings. The van der Waals surface area contributed by atoms with Crippen molar-refractivity contribution in [2.24, 2.45) is 0 Å². The van der Waals surface area contributed by atoms with E-state index in [9.17, 15) is 4.79 Å². The molecule has 5 rings (SSSR count). The predicted molar refractivity (Wildman–Crippen MR) is 121 cm³/mol. The van der Waals surface area contributed by atoms with Gasteiger partial charge in [0.1, 0.15) is 10.7 Å². The van der Waals surface area contributed by atoms with Crippen LogP contribution in [0.4, 0.5) is 5.95 Å². The molecule has 1 atom stereocenters. The van der Waals surface area contributed by atoms with Gasteiger partial charge in [-0.05, 0) is 48.9 Å². The topological polar surface area (TPSA) is 95.8 Å². The Balaban J connectivity index is 1.33. The summed E-state index contributed by atoms with van der Waals surface area (Å²) < 4.78 is 1.77. The zero-order chi connectivity index (χ0) is 21.5. The van der Waals surface area contributed by atoms with Gasteiger partial charge in [-0.2, -0.15) is 4.68 Å². The maximum absolute atomic E-state index is 12.7. The van der Waals surface area contributed by atoms with E-state index in [0.717, 1.165) is 64.3 Å². The molecule has 1 aliphatic heterocycles. The SMILES string of the molecule is Cc1sc2nc(C(C)N3CCN(c4nnnn4-c4ccccc4)CC3)[nH]c(=O)c2c1C. The highest BCUT2D eigenvalue weighted by Crippen LogP contribution is 2.28. The molecule has 1 unspecified atom stereocenters. The van der Waals surface area contributed by atoms with Gasteiger partial charge >= 0.3 is 0 Å². The maximum atomic E-state index is 12.7. The van der Waals surface area contributed by atoms with Gasteiger partial charge in [0.05, 0.1) is 17.1 Å². The van der Waals surface area contributed by atoms with Crippen LogP contribution in [0, 0.1) is 13.8 Å². The molecule has 1 N–H and O–H groups in total. The molecule has 1 aliphatic rings. The Morgan fingerprint density at radius 3 is 2.58 bits per heavy atom. The van der Waals surface area contributed by atoms with Gasteiger partial charge in [-0.1, -0.05) is 23.3 Å². The molecule has 3 aromatic heterocycles. The summed E-state index contributed by atoms with van der Waals surface area (Å²) in [5.74, 6) is 1.47. The van der Waals surface area contributed by atoms with Gasteiger partial charge < -0.3 is 9.88 Å². The molecule has 10 heteroatoms. The zero-order valence-corrected chi connectivity index (χ0v) is 18.6. The van der Waals surface area contributed by atoms with Crippen LogP contribution >= 0.6 is 11.3 Å². The quantitative estimate of drug-likeness (QED) is 0.525. The van der Waals surface area contributed by atoms with Crippen LogP contribution in [0.5, 0.6) is 0 Å². The molecule has 0 radical (unpaired) electrons. The number of fused-ring (bicyclic) bond motifs is 1. The van der Waals surface area contributed by atoms with E-state index in [-0.39, 0.29) is 11.6 Å². The molecule has 31 heavy (non-hydrogen) atoms. The minimum Gasteiger partial charge on any atom is -0.337 e. The lowest BCUT2D eigenvalue weighted by Crippen LogP contribution is -2.48. The molecular weight excluding hydrogens is 412 g/mol. The van der Waals surface area contributed by atoms with Crippen molar-refractivity contribution in [3.8, 4) is 5.69 Å². The molecule has 1 aromatic carbocycles. The molecule has 160 valence electrons. The van der Waals surface area contributed by atoms with Crippen molar-refractivity contribution in [1.29, 1.82) is 0 Å². The Hall–Kier alpha value is -3.11. The second-order valence-electron chi connectivity index (χ2n) is 7.84. The number of aromatic amines is 1. The van der Waals surface area contributed by atoms with E-state index >= 15 is 0 Å². The summed E-state index contributed by atoms with van der Waals surface area (Å²) in [5.41, 5.74) is 1.92. The van der Waals surface area contributed by atoms with Crippen LogP contribution < -0.4 is 10.5 Å². The third-order valence-corrected chi connectivity index (χ3v) is 7.15. The van der Waals surface area contributed by atoms with Crippen molar-refractivity contribution in [2.75, 3.05) is 31.1 Å². The second-order valence-corrected chi connectivity index (χ2v) is 9.04. The van der Waals surface area contributed by atoms with Gasteiger partial charge in [0.2, 0.25) is 5.95 Å². The summed E-state index contributed by atoms with van der Waals surface area (Å²) >= 11 is 1.59. The number of piperazine rings is 1. The number of nitrogens with zero attached hydrogens (tertiary/aromatic N) is 7. The summed E-state index contributed by atoms with van der Waals surface area (Å²) in [6.07, 6.45) is 0. The van der Waals surface area contributed by atoms with Crippen molar-refractivity contribution < 1.29 is 0 Å². The molecule has 0 aliphatic carbocycles. The van der Waals surface area contributed by atoms with E-state index < -0.39 is 0 Å². The second kappa shape index (κ2) is 7.86. The first-order valence-electron chi connectivity index (χ1n) is 10.4. The summed E-state index contributed by atoms with van der Waals surface area (Å²) in [6.45, 7) is 9.35. The minimum atomic E-state index is -0.0469. The lowest BCUT2D eigenvalue weighted by molar-refractivity contribution is 0.191. The molecule has 9 nitrogen and oxygen atoms in total. The number of H-pyrrole nitrogens is 1. The van der Waals surface area contributed by atoms with Gasteiger partial charge in [-0.3, -0.25) is 9.69 Å². The number of hydrogen-bond donors (Lipinski definition) is 1. The molecule has 1 saturated heterocycles. The first-order valence-corrected chi connectivity index (χ1v) is 11.2. The monoisotopic (exact) mass is 436 g/mol. The molecule has 0 amide bonds. The molecule has 0 saturated carbocycles. The number of anilines is 1. The van der Waals surface area contributed by atoms with Crippen molar-refractivity contribution in [3.05, 3.63) is 57.0 Å². The standard InChI is InChI=1S/C21H24N8OS/c1-13-15(3)31-20-17(13)19(30)22-18(23-20)14(2)27-9-11-28(12-10-27)21-24-25-26-29(21)16-7-5-4-6-8-16/h4-8,14H,9-12H2,1-3H3,(H,22,23,30). The fourth-order valence-corrected chi connectivity index (χ4v) is 5.10. The van der Waals surface area contributed by atoms with E-state index in [1.807, 2.05) is 44.2 Å². The van der Waals surface area contributed by atoms with Crippen LogP contribution in [0.1, 0.15) is 29.2 Å². The largest absolute Gasteiger partial charge is 0.337 e. The molecule has 0 spiro atoms. The lowest BCUT2D eigenvalue weighted by atomic mass is 10.2. The molecule has 0 bridgehead atoms. The van der Waals surface area contributed by atoms with Crippen LogP contribution in [0.2, 0.25) is 0 Å². The van der Waals surface area contributed by atoms with Crippen molar-refractivity contribution in [1.82, 2.24) is 35.1 Å². The normalized spacial score (nSPS) is 16.2. The average molecular weight is 437 g/mol. The highest BCUT2D eigenvalue weighted by Gasteiger charge is 2.27. The summed E-state index contributed by atoms with van der Waals surface area (Å²) in [7, 11) is 0. The van der Waals surface area contributed by atoms with Crippen LogP contribution in [-0.4, -0.2) is 61.3 Å². The highest BCUT2D eigenvalue weighted by molar-refractivity contribution is 7.18. The van der Waals surface area contributed by atoms with E-state index in [4.69, 9.17) is 4.98 Å². The smallest absolute Gasteiger partial charge is 0.259 e. The fraction of sp³-hybridized carbons (Fsp3) is 0.381. The molecule has 4 heterocycles. The Bertz CT molecular complexity index is 1270. The van der Waals surface area contributed by atoms with E-state index in [2.05, 4.69) is 37.2 Å². The van der Waals surface area contributed by atoms with Crippen LogP contribution in [-0.2, 0) is 0 Å². The number of tetrazole rings is 1. The Morgan fingerprint density at radius 1 is 1.10 bits per heavy atom. The van der Waals surface area contributed by atoms with E-state index in [1.54, 1.807) is 16.0 Å². The van der Waals surface area contributed by atoms with Crippen LogP contribution in [0.15, 0.2) is 35.1 Å². The van der Waals surface area contributed by atoms with Crippen LogP contribution in [0.3, 0.4) is 0 Å². The fourth-order valence-electron chi connectivity index (χ4n) is 4.07. The Morgan fingerprint density at radius 2 is 1.84 bits per heavy atom. The van der Waals surface area contributed by atoms with E-state index in [0.29, 0.717) is 0 Å². The number of rotatable bonds is 4. The number of aryl methyl sites for hydroxylation is 2. The third-order valence-electron chi connectivity index (χ3n) is 6.05. The number of nitrogens with one attached hydrogen (secondary N) is 1. The predicted octanol–water partition coefficient (Wildman–Crippen LogP) is 2.46. The van der Waals surface area contributed by atoms with Gasteiger partial charge in [-0.15, -0.1) is 11.3 Å². The molecular formula is C21H24N8OS. The Kier molecular flexibility index (Phi) is 5.03. The number of aromatic nitrogens is 6. The summed E-state index contributed by atoms with van der Waals surface area (Å²) in [4.78, 5) is 27.0. The van der Waals surface area contributed by atoms with Gasteiger partial charge in [0.15, 0.2) is 0 Å². The summed E-state index contributed by atoms with van der Waals surface area (Å²) in [6, 6.07) is 9.92. The zero-order valence-electron chi connectivity index (χ0n) is 17.7.